The van der Waals surface area contributed by atoms with Crippen molar-refractivity contribution in [2.24, 2.45) is 0 Å². The molecule has 0 amide bonds. The van der Waals surface area contributed by atoms with Crippen molar-refractivity contribution in [1.29, 1.82) is 0 Å². The molecule has 0 N–H and O–H groups in total. The third-order valence-corrected chi connectivity index (χ3v) is 0.854. The second kappa shape index (κ2) is 29.4. The van der Waals surface area contributed by atoms with Gasteiger partial charge in [-0.3, -0.25) is 4.79 Å². The first kappa shape index (κ1) is 23.3. The van der Waals surface area contributed by atoms with E-state index in [1.54, 1.807) is 12.1 Å². The summed E-state index contributed by atoms with van der Waals surface area (Å²) in [6, 6.07) is 10.1. The summed E-state index contributed by atoms with van der Waals surface area (Å²) in [6.45, 7) is 6.00. The zero-order chi connectivity index (χ0) is 11.8. The average molecular weight is 252 g/mol. The Morgan fingerprint density at radius 1 is 0.667 bits per heavy atom. The van der Waals surface area contributed by atoms with E-state index in [2.05, 4.69) is 0 Å². The Balaban J connectivity index is -0.0000000755. The summed E-state index contributed by atoms with van der Waals surface area (Å²) in [4.78, 5) is 34.5. The molecule has 0 saturated carbocycles. The van der Waals surface area contributed by atoms with Crippen LogP contribution in [0.4, 0.5) is 0 Å². The number of carbonyl (C=O) groups excluding carboxylic acids is 3. The fourth-order valence-electron chi connectivity index (χ4n) is 0.485. The van der Waals surface area contributed by atoms with Gasteiger partial charge in [0.05, 0.1) is 0 Å². The number of hydrogen-bond acceptors (Lipinski definition) is 4. The Morgan fingerprint density at radius 2 is 0.933 bits per heavy atom. The standard InChI is InChI=1S/C7H6O.3CH2O.Fe/c8-7-5-3-1-2-4-6-7;3*1-2;/h1-6H;3*1H2;. The van der Waals surface area contributed by atoms with E-state index in [0.717, 1.165) is 0 Å². The van der Waals surface area contributed by atoms with Crippen LogP contribution in [0.2, 0.25) is 0 Å². The smallest absolute Gasteiger partial charge is 0.178 e. The first-order valence-electron chi connectivity index (χ1n) is 3.31. The van der Waals surface area contributed by atoms with Crippen molar-refractivity contribution in [3.63, 3.8) is 0 Å². The fraction of sp³-hybridized carbons (Fsp3) is 0. The van der Waals surface area contributed by atoms with Crippen LogP contribution in [0.3, 0.4) is 0 Å². The maximum Gasteiger partial charge on any atom is 0.178 e. The SMILES string of the molecule is C=O.C=O.C=O.O=c1cccccc1.[Fe]. The Morgan fingerprint density at radius 3 is 1.20 bits per heavy atom. The van der Waals surface area contributed by atoms with E-state index in [9.17, 15) is 4.79 Å². The van der Waals surface area contributed by atoms with Crippen LogP contribution in [-0.2, 0) is 31.5 Å². The Hall–Kier alpha value is -1.58. The summed E-state index contributed by atoms with van der Waals surface area (Å²) >= 11 is 0. The zero-order valence-electron chi connectivity index (χ0n) is 8.07. The summed E-state index contributed by atoms with van der Waals surface area (Å²) < 4.78 is 0. The topological polar surface area (TPSA) is 68.3 Å². The van der Waals surface area contributed by atoms with Crippen LogP contribution in [0.15, 0.2) is 41.2 Å². The summed E-state index contributed by atoms with van der Waals surface area (Å²) in [5.41, 5.74) is 0.0509. The van der Waals surface area contributed by atoms with E-state index in [4.69, 9.17) is 14.4 Å². The largest absolute Gasteiger partial charge is 0.307 e. The van der Waals surface area contributed by atoms with Crippen molar-refractivity contribution in [3.8, 4) is 0 Å². The van der Waals surface area contributed by atoms with E-state index >= 15 is 0 Å². The molecular weight excluding hydrogens is 240 g/mol. The van der Waals surface area contributed by atoms with Crippen LogP contribution in [0.25, 0.3) is 0 Å². The van der Waals surface area contributed by atoms with Crippen molar-refractivity contribution >= 4 is 20.4 Å². The maximum atomic E-state index is 10.5. The van der Waals surface area contributed by atoms with Gasteiger partial charge < -0.3 is 14.4 Å². The minimum absolute atomic E-state index is 0. The normalized spacial score (nSPS) is 5.33. The van der Waals surface area contributed by atoms with Gasteiger partial charge in [-0.15, -0.1) is 0 Å². The molecule has 4 nitrogen and oxygen atoms in total. The van der Waals surface area contributed by atoms with Crippen LogP contribution < -0.4 is 5.43 Å². The zero-order valence-corrected chi connectivity index (χ0v) is 9.18. The van der Waals surface area contributed by atoms with Crippen molar-refractivity contribution in [2.75, 3.05) is 0 Å². The van der Waals surface area contributed by atoms with Gasteiger partial charge in [0, 0.05) is 17.1 Å². The predicted molar refractivity (Wildman–Crippen MR) is 54.1 cm³/mol. The van der Waals surface area contributed by atoms with Crippen LogP contribution in [-0.4, -0.2) is 20.4 Å². The molecule has 0 aromatic heterocycles. The third kappa shape index (κ3) is 24.5. The molecule has 1 rings (SSSR count). The summed E-state index contributed by atoms with van der Waals surface area (Å²) in [6.07, 6.45) is 0. The van der Waals surface area contributed by atoms with Gasteiger partial charge in [-0.2, -0.15) is 0 Å². The molecular formula is C10H12FeO4. The van der Waals surface area contributed by atoms with Crippen molar-refractivity contribution in [3.05, 3.63) is 46.6 Å². The van der Waals surface area contributed by atoms with E-state index in [-0.39, 0.29) is 22.5 Å². The van der Waals surface area contributed by atoms with Gasteiger partial charge in [-0.25, -0.2) is 0 Å². The van der Waals surface area contributed by atoms with Gasteiger partial charge in [-0.1, -0.05) is 24.3 Å². The molecule has 1 aromatic carbocycles. The van der Waals surface area contributed by atoms with Crippen LogP contribution in [0, 0.1) is 0 Å². The monoisotopic (exact) mass is 252 g/mol. The molecule has 84 valence electrons. The van der Waals surface area contributed by atoms with Gasteiger partial charge >= 0.3 is 0 Å². The number of carbonyl (C=O) groups is 3. The average Bonchev–Trinajstić information content (AvgIpc) is 2.54. The minimum atomic E-state index is 0. The predicted octanol–water partition coefficient (Wildman–Crippen LogP) is 0.490. The Labute approximate surface area is 98.8 Å². The fourth-order valence-corrected chi connectivity index (χ4v) is 0.485. The van der Waals surface area contributed by atoms with Crippen molar-refractivity contribution in [1.82, 2.24) is 0 Å². The van der Waals surface area contributed by atoms with Gasteiger partial charge in [0.1, 0.15) is 20.4 Å². The molecule has 0 aliphatic rings. The van der Waals surface area contributed by atoms with E-state index in [1.807, 2.05) is 32.5 Å². The molecule has 0 fully saturated rings. The van der Waals surface area contributed by atoms with Crippen molar-refractivity contribution < 1.29 is 31.5 Å². The van der Waals surface area contributed by atoms with E-state index < -0.39 is 0 Å². The molecule has 0 spiro atoms. The molecule has 0 heterocycles. The summed E-state index contributed by atoms with van der Waals surface area (Å²) in [5.74, 6) is 0. The number of rotatable bonds is 0. The van der Waals surface area contributed by atoms with Crippen molar-refractivity contribution in [2.45, 2.75) is 0 Å². The third-order valence-electron chi connectivity index (χ3n) is 0.854. The molecule has 1 aromatic rings. The van der Waals surface area contributed by atoms with Crippen LogP contribution in [0.5, 0.6) is 0 Å². The molecule has 0 radical (unpaired) electrons. The molecule has 0 atom stereocenters. The Bertz CT molecular complexity index is 241. The maximum absolute atomic E-state index is 10.5. The summed E-state index contributed by atoms with van der Waals surface area (Å²) in [7, 11) is 0. The second-order valence-corrected chi connectivity index (χ2v) is 1.51. The molecule has 0 aliphatic heterocycles. The van der Waals surface area contributed by atoms with E-state index in [1.165, 1.54) is 12.1 Å². The Kier molecular flexibility index (Phi) is 45.8. The first-order chi connectivity index (χ1) is 6.89. The van der Waals surface area contributed by atoms with Gasteiger partial charge in [0.2, 0.25) is 0 Å². The van der Waals surface area contributed by atoms with Gasteiger partial charge in [-0.05, 0) is 12.1 Å². The first-order valence-corrected chi connectivity index (χ1v) is 3.31. The summed E-state index contributed by atoms with van der Waals surface area (Å²) in [5, 5.41) is 0. The van der Waals surface area contributed by atoms with Crippen LogP contribution >= 0.6 is 0 Å². The molecule has 5 heteroatoms. The van der Waals surface area contributed by atoms with Crippen LogP contribution in [0.1, 0.15) is 0 Å². The second-order valence-electron chi connectivity index (χ2n) is 1.51. The van der Waals surface area contributed by atoms with Gasteiger partial charge in [0.25, 0.3) is 0 Å². The molecule has 0 aliphatic carbocycles. The van der Waals surface area contributed by atoms with E-state index in [0.29, 0.717) is 0 Å². The minimum Gasteiger partial charge on any atom is -0.307 e. The molecule has 0 saturated heterocycles. The molecule has 15 heavy (non-hydrogen) atoms. The molecule has 0 unspecified atom stereocenters. The quantitative estimate of drug-likeness (QED) is 0.630. The van der Waals surface area contributed by atoms with Gasteiger partial charge in [0.15, 0.2) is 5.43 Å². The number of hydrogen-bond donors (Lipinski definition) is 0. The molecule has 0 bridgehead atoms.